The minimum Gasteiger partial charge on any atom is -0.310 e. The molecular weight excluding hydrogens is 1260 g/mol. The summed E-state index contributed by atoms with van der Waals surface area (Å²) in [7, 11) is 0. The molecule has 0 spiro atoms. The first kappa shape index (κ1) is 66.4. The fraction of sp³-hybridized carbons (Fsp3) is 0.327. The van der Waals surface area contributed by atoms with E-state index in [9.17, 15) is 0 Å². The Morgan fingerprint density at radius 3 is 0.721 bits per heavy atom. The van der Waals surface area contributed by atoms with Crippen LogP contribution in [0.5, 0.6) is 0 Å². The highest BCUT2D eigenvalue weighted by Crippen LogP contribution is 2.50. The van der Waals surface area contributed by atoms with Gasteiger partial charge in [0.1, 0.15) is 0 Å². The van der Waals surface area contributed by atoms with Crippen LogP contribution in [-0.4, -0.2) is 29.5 Å². The fourth-order valence-electron chi connectivity index (χ4n) is 18.1. The van der Waals surface area contributed by atoms with Gasteiger partial charge in [0.15, 0.2) is 0 Å². The molecule has 0 saturated carbocycles. The number of nitrogens with zero attached hydrogens (tertiary/aromatic N) is 5. The van der Waals surface area contributed by atoms with E-state index in [4.69, 9.17) is 0 Å². The van der Waals surface area contributed by atoms with Crippen molar-refractivity contribution in [3.63, 3.8) is 0 Å². The molecular formula is C98H102BN5. The molecule has 0 saturated heterocycles. The van der Waals surface area contributed by atoms with Crippen molar-refractivity contribution in [2.75, 3.05) is 0 Å². The lowest BCUT2D eigenvalue weighted by Crippen LogP contribution is -2.59. The summed E-state index contributed by atoms with van der Waals surface area (Å²) in [5.41, 5.74) is 32.2. The van der Waals surface area contributed by atoms with Gasteiger partial charge in [0.05, 0.1) is 61.2 Å². The van der Waals surface area contributed by atoms with Crippen LogP contribution < -0.4 is 16.4 Å². The molecule has 0 bridgehead atoms. The molecule has 0 aliphatic carbocycles. The Bertz CT molecular complexity index is 5940. The van der Waals surface area contributed by atoms with Gasteiger partial charge in [-0.2, -0.15) is 0 Å². The highest BCUT2D eigenvalue weighted by atomic mass is 15.1. The number of rotatable bonds is 3. The summed E-state index contributed by atoms with van der Waals surface area (Å²) in [4.78, 5) is 0. The van der Waals surface area contributed by atoms with Gasteiger partial charge in [-0.15, -0.1) is 0 Å². The van der Waals surface area contributed by atoms with Gasteiger partial charge in [0, 0.05) is 76.3 Å². The quantitative estimate of drug-likeness (QED) is 0.158. The average Bonchev–Trinajstić information content (AvgIpc) is 1.44. The Labute approximate surface area is 615 Å². The van der Waals surface area contributed by atoms with Crippen LogP contribution in [0.3, 0.4) is 0 Å². The number of hydrogen-bond acceptors (Lipinski definition) is 0. The lowest BCUT2D eigenvalue weighted by Gasteiger charge is -2.36. The minimum atomic E-state index is -0.130. The molecule has 5 nitrogen and oxygen atoms in total. The van der Waals surface area contributed by atoms with Gasteiger partial charge in [-0.1, -0.05) is 239 Å². The van der Waals surface area contributed by atoms with Crippen molar-refractivity contribution < 1.29 is 0 Å². The van der Waals surface area contributed by atoms with Crippen LogP contribution in [0, 0.1) is 0 Å². The second kappa shape index (κ2) is 21.1. The van der Waals surface area contributed by atoms with Crippen molar-refractivity contribution in [3.05, 3.63) is 226 Å². The topological polar surface area (TPSA) is 24.6 Å². The monoisotopic (exact) mass is 1360 g/mol. The molecule has 0 N–H and O–H groups in total. The van der Waals surface area contributed by atoms with E-state index in [2.05, 4.69) is 371 Å². The second-order valence-corrected chi connectivity index (χ2v) is 39.7. The summed E-state index contributed by atoms with van der Waals surface area (Å²) >= 11 is 0. The van der Waals surface area contributed by atoms with E-state index in [1.54, 1.807) is 0 Å². The van der Waals surface area contributed by atoms with Crippen LogP contribution in [0.25, 0.3) is 137 Å². The standard InChI is InChI=1S/C98H102BN5/c1-91(2,3)55-31-37-76-66(43-55)67-44-56(92(4,5)6)32-38-77(67)101(76)82-29-25-27-64-65-28-26-30-83(102-78-39-33-57(93(7,8)9)45-68(78)69-46-58(94(10,11)12)34-40-79(69)102)90(65)100(89(64)82)63-53-84-86-85(54-63)104-81-42-36-60(96(16,17)18)48-71(81)73-50-62(98(22,23)24)52-75(88(73)104)99(86)74-51-61(97(19,20)21)49-72-70-47-59(95(13,14)15)35-41-80(70)103(84)87(72)74/h25-54H,1-24H3. The molecule has 0 atom stereocenters. The van der Waals surface area contributed by atoms with Gasteiger partial charge in [-0.05, 0) is 213 Å². The van der Waals surface area contributed by atoms with Gasteiger partial charge < -0.3 is 22.8 Å². The van der Waals surface area contributed by atoms with Crippen molar-refractivity contribution in [1.29, 1.82) is 0 Å². The molecule has 11 aromatic carbocycles. The first-order chi connectivity index (χ1) is 48.6. The van der Waals surface area contributed by atoms with Crippen molar-refractivity contribution >= 4 is 132 Å². The minimum absolute atomic E-state index is 0.0595. The largest absolute Gasteiger partial charge is 0.310 e. The Hall–Kier alpha value is -9.52. The van der Waals surface area contributed by atoms with E-state index in [0.29, 0.717) is 0 Å². The Balaban J connectivity index is 1.07. The Morgan fingerprint density at radius 2 is 0.452 bits per heavy atom. The van der Waals surface area contributed by atoms with Gasteiger partial charge in [-0.3, -0.25) is 0 Å². The van der Waals surface area contributed by atoms with E-state index >= 15 is 0 Å². The molecule has 7 heterocycles. The molecule has 0 amide bonds. The summed E-state index contributed by atoms with van der Waals surface area (Å²) in [5.74, 6) is 0. The number of benzene rings is 11. The first-order valence-electron chi connectivity index (χ1n) is 38.4. The second-order valence-electron chi connectivity index (χ2n) is 39.7. The number of hydrogen-bond donors (Lipinski definition) is 0. The SMILES string of the molecule is CC(C)(C)c1ccc2c(c1)c1cc(C(C)(C)C)ccc1n2-c1cccc2c3cccc(-n4c5ccc(C(C)(C)C)cc5c5cc(C(C)(C)C)ccc54)c3n(-c3cc4c5c(c3)-n3c6ccc(C(C)(C)C)cc6c6cc(C(C)(C)C)cc(c63)B5c3cc(C(C)(C)C)cc5c6cc(C(C)(C)C)ccc6n-4c35)c12. The maximum atomic E-state index is 2.74. The van der Waals surface area contributed by atoms with Crippen LogP contribution in [0.15, 0.2) is 182 Å². The summed E-state index contributed by atoms with van der Waals surface area (Å²) in [6.45, 7) is 56.7. The van der Waals surface area contributed by atoms with E-state index in [1.807, 2.05) is 0 Å². The predicted octanol–water partition coefficient (Wildman–Crippen LogP) is 24.7. The molecule has 0 radical (unpaired) electrons. The third-order valence-electron chi connectivity index (χ3n) is 24.3. The number of aromatic nitrogens is 5. The lowest BCUT2D eigenvalue weighted by atomic mass is 9.34. The zero-order chi connectivity index (χ0) is 73.5. The maximum absolute atomic E-state index is 2.74. The van der Waals surface area contributed by atoms with Crippen LogP contribution >= 0.6 is 0 Å². The third-order valence-corrected chi connectivity index (χ3v) is 24.3. The summed E-state index contributed by atoms with van der Waals surface area (Å²) in [6, 6.07) is 74.2. The molecule has 2 aliphatic rings. The molecule has 104 heavy (non-hydrogen) atoms. The Kier molecular flexibility index (Phi) is 13.5. The number of fused-ring (bicyclic) bond motifs is 19. The van der Waals surface area contributed by atoms with Gasteiger partial charge in [-0.25, -0.2) is 0 Å². The van der Waals surface area contributed by atoms with Crippen LogP contribution in [-0.2, 0) is 43.3 Å². The number of para-hydroxylation sites is 2. The van der Waals surface area contributed by atoms with Crippen molar-refractivity contribution in [3.8, 4) is 28.4 Å². The van der Waals surface area contributed by atoms with Crippen molar-refractivity contribution in [2.24, 2.45) is 0 Å². The highest BCUT2D eigenvalue weighted by Gasteiger charge is 2.44. The fourth-order valence-corrected chi connectivity index (χ4v) is 18.1. The van der Waals surface area contributed by atoms with Crippen molar-refractivity contribution in [1.82, 2.24) is 22.8 Å². The lowest BCUT2D eigenvalue weighted by molar-refractivity contribution is 0.590. The van der Waals surface area contributed by atoms with E-state index < -0.39 is 0 Å². The maximum Gasteiger partial charge on any atom is 0.252 e. The summed E-state index contributed by atoms with van der Waals surface area (Å²) in [6.07, 6.45) is 0. The highest BCUT2D eigenvalue weighted by molar-refractivity contribution is 7.00. The van der Waals surface area contributed by atoms with Crippen molar-refractivity contribution in [2.45, 2.75) is 209 Å². The molecule has 2 aliphatic heterocycles. The zero-order valence-electron chi connectivity index (χ0n) is 66.1. The van der Waals surface area contributed by atoms with E-state index in [-0.39, 0.29) is 50.0 Å². The molecule has 5 aromatic heterocycles. The molecule has 18 rings (SSSR count). The average molecular weight is 1360 g/mol. The molecule has 0 unspecified atom stereocenters. The van der Waals surface area contributed by atoms with Gasteiger partial charge in [0.2, 0.25) is 0 Å². The van der Waals surface area contributed by atoms with Gasteiger partial charge >= 0.3 is 0 Å². The predicted molar refractivity (Wildman–Crippen MR) is 452 cm³/mol. The van der Waals surface area contributed by atoms with E-state index in [1.165, 1.54) is 170 Å². The van der Waals surface area contributed by atoms with Crippen LogP contribution in [0.4, 0.5) is 0 Å². The summed E-state index contributed by atoms with van der Waals surface area (Å²) < 4.78 is 13.4. The van der Waals surface area contributed by atoms with Crippen LogP contribution in [0.2, 0.25) is 0 Å². The first-order valence-corrected chi connectivity index (χ1v) is 38.4. The normalized spacial score (nSPS) is 14.1. The molecule has 6 heteroatoms. The van der Waals surface area contributed by atoms with Crippen LogP contribution in [0.1, 0.15) is 211 Å². The third kappa shape index (κ3) is 9.56. The summed E-state index contributed by atoms with van der Waals surface area (Å²) in [5, 5.41) is 12.8. The smallest absolute Gasteiger partial charge is 0.252 e. The van der Waals surface area contributed by atoms with Gasteiger partial charge in [0.25, 0.3) is 6.71 Å². The zero-order valence-corrected chi connectivity index (χ0v) is 66.1. The van der Waals surface area contributed by atoms with E-state index in [0.717, 1.165) is 28.1 Å². The molecule has 16 aromatic rings. The molecule has 522 valence electrons. The molecule has 0 fully saturated rings. The Morgan fingerprint density at radius 1 is 0.202 bits per heavy atom.